The molecule has 3 aliphatic heterocycles. The number of esters is 3. The first-order valence-electron chi connectivity index (χ1n) is 12.2. The number of aliphatic hydroxyl groups is 1. The highest BCUT2D eigenvalue weighted by Gasteiger charge is 2.94. The molecular formula is C26H29NO8. The number of carbonyl (C=O) groups excluding carboxylic acids is 4. The van der Waals surface area contributed by atoms with Crippen molar-refractivity contribution in [3.8, 4) is 0 Å². The van der Waals surface area contributed by atoms with Gasteiger partial charge in [0.05, 0.1) is 17.6 Å². The normalized spacial score (nSPS) is 40.1. The molecule has 0 radical (unpaired) electrons. The van der Waals surface area contributed by atoms with Crippen LogP contribution in [0.3, 0.4) is 0 Å². The Kier molecular flexibility index (Phi) is 4.40. The van der Waals surface area contributed by atoms with Crippen LogP contribution in [0.25, 0.3) is 0 Å². The minimum atomic E-state index is -1.72. The number of benzene rings is 1. The van der Waals surface area contributed by atoms with Gasteiger partial charge in [0.15, 0.2) is 12.3 Å². The van der Waals surface area contributed by atoms with Gasteiger partial charge in [0.2, 0.25) is 0 Å². The van der Waals surface area contributed by atoms with E-state index in [1.54, 1.807) is 30.3 Å². The molecular weight excluding hydrogens is 454 g/mol. The Hall–Kier alpha value is -2.94. The zero-order valence-corrected chi connectivity index (χ0v) is 20.0. The van der Waals surface area contributed by atoms with Gasteiger partial charge in [-0.05, 0) is 36.8 Å². The molecule has 5 aliphatic rings. The molecule has 9 heteroatoms. The Bertz CT molecular complexity index is 1140. The van der Waals surface area contributed by atoms with Gasteiger partial charge in [0.25, 0.3) is 5.91 Å². The van der Waals surface area contributed by atoms with Crippen molar-refractivity contribution in [3.63, 3.8) is 0 Å². The zero-order chi connectivity index (χ0) is 25.0. The van der Waals surface area contributed by atoms with Crippen molar-refractivity contribution in [1.82, 2.24) is 4.90 Å². The van der Waals surface area contributed by atoms with Crippen molar-refractivity contribution in [2.24, 2.45) is 16.2 Å². The monoisotopic (exact) mass is 483 g/mol. The molecule has 2 spiro atoms. The van der Waals surface area contributed by atoms with E-state index in [2.05, 4.69) is 0 Å². The van der Waals surface area contributed by atoms with Crippen molar-refractivity contribution < 1.29 is 38.5 Å². The molecule has 1 amide bonds. The summed E-state index contributed by atoms with van der Waals surface area (Å²) in [6.07, 6.45) is -1.71. The van der Waals surface area contributed by atoms with E-state index in [1.807, 2.05) is 20.8 Å². The van der Waals surface area contributed by atoms with Gasteiger partial charge in [-0.3, -0.25) is 19.3 Å². The number of ether oxygens (including phenoxy) is 3. The Morgan fingerprint density at radius 3 is 2.40 bits per heavy atom. The van der Waals surface area contributed by atoms with Gasteiger partial charge in [-0.15, -0.1) is 0 Å². The highest BCUT2D eigenvalue weighted by atomic mass is 16.6. The van der Waals surface area contributed by atoms with Crippen LogP contribution in [0.1, 0.15) is 63.2 Å². The van der Waals surface area contributed by atoms with Crippen LogP contribution < -0.4 is 0 Å². The summed E-state index contributed by atoms with van der Waals surface area (Å²) in [5, 5.41) is 12.5. The van der Waals surface area contributed by atoms with Gasteiger partial charge in [-0.2, -0.15) is 0 Å². The first-order chi connectivity index (χ1) is 16.5. The molecule has 6 atom stereocenters. The summed E-state index contributed by atoms with van der Waals surface area (Å²) in [6, 6.07) is 8.06. The van der Waals surface area contributed by atoms with Crippen molar-refractivity contribution >= 4 is 23.8 Å². The zero-order valence-electron chi connectivity index (χ0n) is 20.0. The maximum Gasteiger partial charge on any atom is 0.338 e. The smallest absolute Gasteiger partial charge is 0.338 e. The highest BCUT2D eigenvalue weighted by molar-refractivity contribution is 5.99. The maximum atomic E-state index is 14.1. The van der Waals surface area contributed by atoms with E-state index in [0.29, 0.717) is 0 Å². The minimum Gasteiger partial charge on any atom is -0.461 e. The summed E-state index contributed by atoms with van der Waals surface area (Å²) in [5.74, 6) is -2.52. The van der Waals surface area contributed by atoms with Gasteiger partial charge >= 0.3 is 17.9 Å². The van der Waals surface area contributed by atoms with Crippen molar-refractivity contribution in [3.05, 3.63) is 35.9 Å². The minimum absolute atomic E-state index is 0.0565. The van der Waals surface area contributed by atoms with E-state index in [9.17, 15) is 24.3 Å². The van der Waals surface area contributed by atoms with Crippen molar-refractivity contribution in [1.29, 1.82) is 0 Å². The fourth-order valence-electron chi connectivity index (χ4n) is 7.33. The standard InChI is InChI=1S/C26H29NO8/c1-23(2,3)25(32)12-16-24(13-17(28)33-16)22(31)35-21-26(24,25)18(19(29)27(21)15-10-7-11-15)34-20(30)14-8-5-4-6-9-14/h4-6,8-9,15-16,18,21,32H,7,10-13H2,1-3H3/t16-,18-,21-,24-,25+,26?/m0/s1. The van der Waals surface area contributed by atoms with E-state index < -0.39 is 64.1 Å². The molecule has 35 heavy (non-hydrogen) atoms. The first-order valence-corrected chi connectivity index (χ1v) is 12.2. The van der Waals surface area contributed by atoms with Crippen LogP contribution in [-0.4, -0.2) is 63.9 Å². The molecule has 2 saturated carbocycles. The molecule has 186 valence electrons. The van der Waals surface area contributed by atoms with Crippen LogP contribution in [-0.2, 0) is 28.6 Å². The number of carbonyl (C=O) groups is 4. The van der Waals surface area contributed by atoms with Crippen LogP contribution in [0.5, 0.6) is 0 Å². The first kappa shape index (κ1) is 22.5. The van der Waals surface area contributed by atoms with E-state index in [0.717, 1.165) is 19.3 Å². The van der Waals surface area contributed by atoms with Crippen LogP contribution in [0.15, 0.2) is 30.3 Å². The molecule has 0 aromatic heterocycles. The number of hydrogen-bond donors (Lipinski definition) is 1. The predicted molar refractivity (Wildman–Crippen MR) is 118 cm³/mol. The third kappa shape index (κ3) is 2.42. The predicted octanol–water partition coefficient (Wildman–Crippen LogP) is 1.96. The molecule has 0 bridgehead atoms. The Morgan fingerprint density at radius 1 is 1.11 bits per heavy atom. The molecule has 9 nitrogen and oxygen atoms in total. The third-order valence-electron chi connectivity index (χ3n) is 9.21. The third-order valence-corrected chi connectivity index (χ3v) is 9.21. The van der Waals surface area contributed by atoms with Crippen molar-refractivity contribution in [2.75, 3.05) is 0 Å². The number of hydrogen-bond acceptors (Lipinski definition) is 8. The average molecular weight is 484 g/mol. The summed E-state index contributed by atoms with van der Waals surface area (Å²) in [4.78, 5) is 55.1. The van der Waals surface area contributed by atoms with E-state index >= 15 is 0 Å². The summed E-state index contributed by atoms with van der Waals surface area (Å²) in [7, 11) is 0. The number of nitrogens with zero attached hydrogens (tertiary/aromatic N) is 1. The highest BCUT2D eigenvalue weighted by Crippen LogP contribution is 2.76. The van der Waals surface area contributed by atoms with Crippen LogP contribution >= 0.6 is 0 Å². The lowest BCUT2D eigenvalue weighted by atomic mass is 9.52. The summed E-state index contributed by atoms with van der Waals surface area (Å²) in [6.45, 7) is 5.43. The lowest BCUT2D eigenvalue weighted by molar-refractivity contribution is -0.214. The lowest BCUT2D eigenvalue weighted by Gasteiger charge is -2.52. The molecule has 6 rings (SSSR count). The van der Waals surface area contributed by atoms with E-state index in [4.69, 9.17) is 14.2 Å². The average Bonchev–Trinajstić information content (AvgIpc) is 3.36. The molecule has 1 aromatic carbocycles. The fourth-order valence-corrected chi connectivity index (χ4v) is 7.33. The maximum absolute atomic E-state index is 14.1. The summed E-state index contributed by atoms with van der Waals surface area (Å²) in [5.41, 5.74) is -5.70. The fraction of sp³-hybridized carbons (Fsp3) is 0.615. The lowest BCUT2D eigenvalue weighted by Crippen LogP contribution is -2.66. The molecule has 3 heterocycles. The van der Waals surface area contributed by atoms with Gasteiger partial charge < -0.3 is 19.3 Å². The van der Waals surface area contributed by atoms with Gasteiger partial charge in [-0.1, -0.05) is 39.0 Å². The largest absolute Gasteiger partial charge is 0.461 e. The van der Waals surface area contributed by atoms with Crippen LogP contribution in [0.4, 0.5) is 0 Å². The molecule has 1 unspecified atom stereocenters. The second-order valence-electron chi connectivity index (χ2n) is 11.5. The van der Waals surface area contributed by atoms with Gasteiger partial charge in [-0.25, -0.2) is 4.79 Å². The second-order valence-corrected chi connectivity index (χ2v) is 11.5. The van der Waals surface area contributed by atoms with Gasteiger partial charge in [0, 0.05) is 12.5 Å². The van der Waals surface area contributed by atoms with Crippen molar-refractivity contribution in [2.45, 2.75) is 83.0 Å². The van der Waals surface area contributed by atoms with Crippen LogP contribution in [0.2, 0.25) is 0 Å². The van der Waals surface area contributed by atoms with Crippen LogP contribution in [0, 0.1) is 16.2 Å². The SMILES string of the molecule is CC(C)(C)[C@]1(O)C[C@@H]2OC(=O)C[C@@]23C(=O)O[C@@H]2N(C4CCC4)C(=O)[C@H](OC(=O)c4ccccc4)C213. The van der Waals surface area contributed by atoms with E-state index in [-0.39, 0.29) is 24.4 Å². The Morgan fingerprint density at radius 2 is 1.80 bits per heavy atom. The molecule has 5 fully saturated rings. The summed E-state index contributed by atoms with van der Waals surface area (Å²) >= 11 is 0. The quantitative estimate of drug-likeness (QED) is 0.512. The number of rotatable bonds is 3. The Balaban J connectivity index is 1.58. The summed E-state index contributed by atoms with van der Waals surface area (Å²) < 4.78 is 17.5. The topological polar surface area (TPSA) is 119 Å². The molecule has 1 N–H and O–H groups in total. The van der Waals surface area contributed by atoms with Gasteiger partial charge in [0.1, 0.15) is 16.9 Å². The molecule has 3 saturated heterocycles. The number of amides is 1. The molecule has 2 aliphatic carbocycles. The Labute approximate surface area is 202 Å². The second kappa shape index (κ2) is 6.84. The van der Waals surface area contributed by atoms with E-state index in [1.165, 1.54) is 4.90 Å². The number of likely N-dealkylation sites (tertiary alicyclic amines) is 1. The molecule has 1 aromatic rings.